The van der Waals surface area contributed by atoms with Gasteiger partial charge in [-0.05, 0) is 39.0 Å². The molecule has 1 aliphatic heterocycles. The summed E-state index contributed by atoms with van der Waals surface area (Å²) in [5.74, 6) is -0.0191. The Bertz CT molecular complexity index is 486. The van der Waals surface area contributed by atoms with Crippen molar-refractivity contribution in [3.8, 4) is 0 Å². The standard InChI is InChI=1S/C18H29NO5/c1-12(2)9-13-5-6-15(16(10-13)22-4)24-11-17(20)19(3)14-7-8-23-18(14)21/h9,13-16H,5-8,10-11H2,1-4H3/t13?,14?,15-,16-/m1/s1. The second kappa shape index (κ2) is 8.62. The second-order valence-corrected chi connectivity index (χ2v) is 6.92. The Balaban J connectivity index is 1.83. The number of methoxy groups -OCH3 is 1. The molecule has 1 amide bonds. The smallest absolute Gasteiger partial charge is 0.328 e. The molecule has 2 rings (SSSR count). The number of carbonyl (C=O) groups excluding carboxylic acids is 2. The number of likely N-dealkylation sites (N-methyl/N-ethyl adjacent to an activating group) is 1. The number of hydrogen-bond acceptors (Lipinski definition) is 5. The maximum Gasteiger partial charge on any atom is 0.328 e. The van der Waals surface area contributed by atoms with E-state index in [4.69, 9.17) is 14.2 Å². The third-order valence-corrected chi connectivity index (χ3v) is 4.83. The fraction of sp³-hybridized carbons (Fsp3) is 0.778. The summed E-state index contributed by atoms with van der Waals surface area (Å²) < 4.78 is 16.3. The number of nitrogens with zero attached hydrogens (tertiary/aromatic N) is 1. The van der Waals surface area contributed by atoms with E-state index in [-0.39, 0.29) is 30.7 Å². The highest BCUT2D eigenvalue weighted by Crippen LogP contribution is 2.30. The lowest BCUT2D eigenvalue weighted by molar-refractivity contribution is -0.152. The molecule has 1 aliphatic carbocycles. The van der Waals surface area contributed by atoms with E-state index >= 15 is 0 Å². The van der Waals surface area contributed by atoms with E-state index < -0.39 is 6.04 Å². The topological polar surface area (TPSA) is 65.1 Å². The van der Waals surface area contributed by atoms with Gasteiger partial charge in [-0.2, -0.15) is 0 Å². The quantitative estimate of drug-likeness (QED) is 0.546. The highest BCUT2D eigenvalue weighted by atomic mass is 16.5. The highest BCUT2D eigenvalue weighted by molar-refractivity contribution is 5.85. The first-order valence-electron chi connectivity index (χ1n) is 8.64. The predicted octanol–water partition coefficient (Wildman–Crippen LogP) is 1.93. The largest absolute Gasteiger partial charge is 0.464 e. The zero-order chi connectivity index (χ0) is 17.7. The van der Waals surface area contributed by atoms with Crippen LogP contribution in [-0.4, -0.2) is 62.4 Å². The summed E-state index contributed by atoms with van der Waals surface area (Å²) in [5.41, 5.74) is 1.31. The first-order valence-corrected chi connectivity index (χ1v) is 8.64. The van der Waals surface area contributed by atoms with Crippen molar-refractivity contribution in [1.82, 2.24) is 4.90 Å². The number of esters is 1. The van der Waals surface area contributed by atoms with Gasteiger partial charge >= 0.3 is 5.97 Å². The maximum atomic E-state index is 12.3. The summed E-state index contributed by atoms with van der Waals surface area (Å²) in [5, 5.41) is 0. The fourth-order valence-electron chi connectivity index (χ4n) is 3.48. The molecule has 1 heterocycles. The van der Waals surface area contributed by atoms with E-state index in [1.807, 2.05) is 0 Å². The summed E-state index contributed by atoms with van der Waals surface area (Å²) in [4.78, 5) is 25.3. The first kappa shape index (κ1) is 18.9. The Hall–Kier alpha value is -1.40. The molecular weight excluding hydrogens is 310 g/mol. The molecule has 1 saturated carbocycles. The molecule has 0 aromatic carbocycles. The number of ether oxygens (including phenoxy) is 3. The lowest BCUT2D eigenvalue weighted by atomic mass is 9.84. The van der Waals surface area contributed by atoms with Crippen molar-refractivity contribution in [2.45, 2.75) is 57.8 Å². The van der Waals surface area contributed by atoms with Gasteiger partial charge in [0.05, 0.1) is 18.8 Å². The van der Waals surface area contributed by atoms with Crippen LogP contribution in [0.25, 0.3) is 0 Å². The van der Waals surface area contributed by atoms with Gasteiger partial charge in [-0.3, -0.25) is 4.79 Å². The van der Waals surface area contributed by atoms with E-state index in [9.17, 15) is 9.59 Å². The van der Waals surface area contributed by atoms with E-state index in [1.54, 1.807) is 14.2 Å². The van der Waals surface area contributed by atoms with E-state index in [0.29, 0.717) is 18.9 Å². The van der Waals surface area contributed by atoms with Gasteiger partial charge in [-0.1, -0.05) is 11.6 Å². The van der Waals surface area contributed by atoms with Gasteiger partial charge in [-0.25, -0.2) is 4.79 Å². The second-order valence-electron chi connectivity index (χ2n) is 6.92. The maximum absolute atomic E-state index is 12.3. The summed E-state index contributed by atoms with van der Waals surface area (Å²) in [6.07, 6.45) is 5.57. The molecular formula is C18H29NO5. The van der Waals surface area contributed by atoms with Crippen molar-refractivity contribution in [1.29, 1.82) is 0 Å². The number of amides is 1. The minimum atomic E-state index is -0.479. The molecule has 1 saturated heterocycles. The highest BCUT2D eigenvalue weighted by Gasteiger charge is 2.34. The van der Waals surface area contributed by atoms with Crippen LogP contribution in [0, 0.1) is 5.92 Å². The van der Waals surface area contributed by atoms with Crippen molar-refractivity contribution in [3.63, 3.8) is 0 Å². The molecule has 0 radical (unpaired) electrons. The molecule has 2 fully saturated rings. The molecule has 4 atom stereocenters. The number of cyclic esters (lactones) is 1. The fourth-order valence-corrected chi connectivity index (χ4v) is 3.48. The van der Waals surface area contributed by atoms with Crippen LogP contribution in [0.2, 0.25) is 0 Å². The van der Waals surface area contributed by atoms with E-state index in [2.05, 4.69) is 19.9 Å². The minimum absolute atomic E-state index is 0.00565. The third-order valence-electron chi connectivity index (χ3n) is 4.83. The Morgan fingerprint density at radius 2 is 2.04 bits per heavy atom. The lowest BCUT2D eigenvalue weighted by Crippen LogP contribution is -2.44. The summed E-state index contributed by atoms with van der Waals surface area (Å²) in [6.45, 7) is 4.56. The molecule has 0 bridgehead atoms. The van der Waals surface area contributed by atoms with E-state index in [1.165, 1.54) is 10.5 Å². The van der Waals surface area contributed by atoms with Crippen molar-refractivity contribution in [3.05, 3.63) is 11.6 Å². The van der Waals surface area contributed by atoms with Crippen molar-refractivity contribution in [2.24, 2.45) is 5.92 Å². The number of carbonyl (C=O) groups is 2. The summed E-state index contributed by atoms with van der Waals surface area (Å²) >= 11 is 0. The van der Waals surface area contributed by atoms with Crippen LogP contribution >= 0.6 is 0 Å². The first-order chi connectivity index (χ1) is 11.4. The van der Waals surface area contributed by atoms with E-state index in [0.717, 1.165) is 19.3 Å². The van der Waals surface area contributed by atoms with Gasteiger partial charge in [0.15, 0.2) is 0 Å². The Labute approximate surface area is 144 Å². The minimum Gasteiger partial charge on any atom is -0.464 e. The number of allylic oxidation sites excluding steroid dienone is 2. The van der Waals surface area contributed by atoms with Crippen LogP contribution in [0.5, 0.6) is 0 Å². The predicted molar refractivity (Wildman–Crippen MR) is 89.4 cm³/mol. The van der Waals surface area contributed by atoms with Gasteiger partial charge in [-0.15, -0.1) is 0 Å². The van der Waals surface area contributed by atoms with Crippen LogP contribution in [0.1, 0.15) is 39.5 Å². The van der Waals surface area contributed by atoms with Crippen molar-refractivity contribution in [2.75, 3.05) is 27.4 Å². The average Bonchev–Trinajstić information content (AvgIpc) is 2.97. The summed E-state index contributed by atoms with van der Waals surface area (Å²) in [7, 11) is 3.32. The normalized spacial score (nSPS) is 29.9. The Kier molecular flexibility index (Phi) is 6.80. The van der Waals surface area contributed by atoms with Gasteiger partial charge in [0, 0.05) is 20.6 Å². The zero-order valence-corrected chi connectivity index (χ0v) is 15.1. The van der Waals surface area contributed by atoms with Crippen LogP contribution < -0.4 is 0 Å². The van der Waals surface area contributed by atoms with Gasteiger partial charge in [0.2, 0.25) is 5.91 Å². The molecule has 2 aliphatic rings. The molecule has 0 N–H and O–H groups in total. The van der Waals surface area contributed by atoms with Crippen molar-refractivity contribution < 1.29 is 23.8 Å². The van der Waals surface area contributed by atoms with Crippen LogP contribution in [-0.2, 0) is 23.8 Å². The van der Waals surface area contributed by atoms with Crippen LogP contribution in [0.4, 0.5) is 0 Å². The molecule has 6 heteroatoms. The number of hydrogen-bond donors (Lipinski definition) is 0. The van der Waals surface area contributed by atoms with Crippen LogP contribution in [0.3, 0.4) is 0 Å². The number of rotatable bonds is 6. The molecule has 6 nitrogen and oxygen atoms in total. The third kappa shape index (κ3) is 4.80. The Morgan fingerprint density at radius 1 is 1.29 bits per heavy atom. The average molecular weight is 339 g/mol. The lowest BCUT2D eigenvalue weighted by Gasteiger charge is -2.34. The molecule has 0 aromatic rings. The molecule has 0 spiro atoms. The van der Waals surface area contributed by atoms with Gasteiger partial charge in [0.25, 0.3) is 0 Å². The Morgan fingerprint density at radius 3 is 2.62 bits per heavy atom. The van der Waals surface area contributed by atoms with Crippen LogP contribution in [0.15, 0.2) is 11.6 Å². The van der Waals surface area contributed by atoms with Gasteiger partial charge < -0.3 is 19.1 Å². The SMILES string of the molecule is CO[C@@H]1CC(C=C(C)C)CC[C@H]1OCC(=O)N(C)C1CCOC1=O. The summed E-state index contributed by atoms with van der Waals surface area (Å²) in [6, 6.07) is -0.479. The molecule has 24 heavy (non-hydrogen) atoms. The molecule has 2 unspecified atom stereocenters. The van der Waals surface area contributed by atoms with Crippen molar-refractivity contribution >= 4 is 11.9 Å². The monoisotopic (exact) mass is 339 g/mol. The van der Waals surface area contributed by atoms with Gasteiger partial charge in [0.1, 0.15) is 12.6 Å². The molecule has 136 valence electrons. The zero-order valence-electron chi connectivity index (χ0n) is 15.1. The molecule has 0 aromatic heterocycles.